The van der Waals surface area contributed by atoms with Crippen LogP contribution in [-0.2, 0) is 10.8 Å². The topological polar surface area (TPSA) is 16.1 Å². The van der Waals surface area contributed by atoms with Crippen molar-refractivity contribution in [2.75, 3.05) is 4.90 Å². The smallest absolute Gasteiger partial charge is 0.0714 e. The van der Waals surface area contributed by atoms with Crippen molar-refractivity contribution in [1.82, 2.24) is 4.98 Å². The lowest BCUT2D eigenvalue weighted by Gasteiger charge is -2.35. The third kappa shape index (κ3) is 5.00. The van der Waals surface area contributed by atoms with E-state index in [4.69, 9.17) is 4.98 Å². The zero-order chi connectivity index (χ0) is 38.1. The molecule has 9 aromatic rings. The van der Waals surface area contributed by atoms with Crippen molar-refractivity contribution in [2.45, 2.75) is 24.7 Å². The molecule has 2 aliphatic carbocycles. The maximum atomic E-state index is 4.75. The zero-order valence-electron chi connectivity index (χ0n) is 32.0. The first-order valence-corrected chi connectivity index (χ1v) is 19.9. The molecule has 2 nitrogen and oxygen atoms in total. The van der Waals surface area contributed by atoms with E-state index in [9.17, 15) is 0 Å². The molecule has 0 radical (unpaired) electrons. The van der Waals surface area contributed by atoms with Gasteiger partial charge in [-0.1, -0.05) is 153 Å². The molecule has 57 heavy (non-hydrogen) atoms. The van der Waals surface area contributed by atoms with Crippen molar-refractivity contribution in [3.8, 4) is 33.5 Å². The highest BCUT2D eigenvalue weighted by Gasteiger charge is 2.46. The Morgan fingerprint density at radius 1 is 0.386 bits per heavy atom. The minimum atomic E-state index is -0.506. The molecule has 0 atom stereocenters. The van der Waals surface area contributed by atoms with E-state index in [2.05, 4.69) is 213 Å². The molecule has 11 rings (SSSR count). The number of anilines is 3. The van der Waals surface area contributed by atoms with E-state index in [0.29, 0.717) is 0 Å². The summed E-state index contributed by atoms with van der Waals surface area (Å²) in [6.45, 7) is 4.73. The third-order valence-corrected chi connectivity index (χ3v) is 12.5. The fourth-order valence-corrected chi connectivity index (χ4v) is 9.92. The number of rotatable bonds is 6. The maximum absolute atomic E-state index is 4.75. The Morgan fingerprint density at radius 2 is 1.00 bits per heavy atom. The van der Waals surface area contributed by atoms with E-state index < -0.39 is 5.41 Å². The Hall–Kier alpha value is -7.03. The summed E-state index contributed by atoms with van der Waals surface area (Å²) in [4.78, 5) is 7.19. The highest BCUT2D eigenvalue weighted by molar-refractivity contribution is 5.96. The largest absolute Gasteiger partial charge is 0.310 e. The van der Waals surface area contributed by atoms with Gasteiger partial charge in [-0.3, -0.25) is 4.98 Å². The maximum Gasteiger partial charge on any atom is 0.0714 e. The predicted molar refractivity (Wildman–Crippen MR) is 237 cm³/mol. The molecule has 2 heteroatoms. The summed E-state index contributed by atoms with van der Waals surface area (Å²) in [6, 6.07) is 73.8. The molecule has 0 N–H and O–H groups in total. The first-order chi connectivity index (χ1) is 28.0. The van der Waals surface area contributed by atoms with Gasteiger partial charge >= 0.3 is 0 Å². The van der Waals surface area contributed by atoms with Crippen LogP contribution in [0.15, 0.2) is 206 Å². The molecular weight excluding hydrogens is 689 g/mol. The average molecular weight is 729 g/mol. The van der Waals surface area contributed by atoms with E-state index in [1.165, 1.54) is 66.4 Å². The van der Waals surface area contributed by atoms with Gasteiger partial charge in [0.25, 0.3) is 0 Å². The van der Waals surface area contributed by atoms with Gasteiger partial charge < -0.3 is 4.90 Å². The van der Waals surface area contributed by atoms with E-state index in [1.54, 1.807) is 0 Å². The van der Waals surface area contributed by atoms with E-state index in [0.717, 1.165) is 28.3 Å². The Kier molecular flexibility index (Phi) is 7.46. The van der Waals surface area contributed by atoms with Crippen molar-refractivity contribution in [3.05, 3.63) is 240 Å². The monoisotopic (exact) mass is 728 g/mol. The quantitative estimate of drug-likeness (QED) is 0.169. The first-order valence-electron chi connectivity index (χ1n) is 19.9. The van der Waals surface area contributed by atoms with Crippen molar-refractivity contribution in [1.29, 1.82) is 0 Å². The van der Waals surface area contributed by atoms with Crippen LogP contribution in [0.25, 0.3) is 44.3 Å². The number of hydrogen-bond acceptors (Lipinski definition) is 2. The van der Waals surface area contributed by atoms with Gasteiger partial charge in [0.2, 0.25) is 0 Å². The molecule has 1 aromatic heterocycles. The van der Waals surface area contributed by atoms with Crippen molar-refractivity contribution >= 4 is 27.8 Å². The van der Waals surface area contributed by atoms with E-state index in [-0.39, 0.29) is 5.41 Å². The SMILES string of the molecule is CC1(C)c2ccc(N(c3cccc(-c4ccccn4)c3)c3ccc4c(c3)C(c3ccccc3)(c3ccccc3)c3ccccc3-4)cc2-c2cc3ccccc3cc21. The van der Waals surface area contributed by atoms with Gasteiger partial charge in [0.1, 0.15) is 0 Å². The molecule has 0 amide bonds. The fraction of sp³-hybridized carbons (Fsp3) is 0.0727. The van der Waals surface area contributed by atoms with Gasteiger partial charge in [-0.15, -0.1) is 0 Å². The molecule has 0 aliphatic heterocycles. The van der Waals surface area contributed by atoms with Gasteiger partial charge in [0.05, 0.1) is 11.1 Å². The second kappa shape index (κ2) is 12.8. The summed E-state index contributed by atoms with van der Waals surface area (Å²) in [7, 11) is 0. The van der Waals surface area contributed by atoms with Gasteiger partial charge in [-0.2, -0.15) is 0 Å². The molecule has 0 bridgehead atoms. The summed E-state index contributed by atoms with van der Waals surface area (Å²) in [5.74, 6) is 0. The molecule has 0 saturated carbocycles. The van der Waals surface area contributed by atoms with Crippen LogP contribution in [0.2, 0.25) is 0 Å². The molecule has 1 heterocycles. The molecule has 2 aliphatic rings. The highest BCUT2D eigenvalue weighted by atomic mass is 15.1. The van der Waals surface area contributed by atoms with Crippen LogP contribution in [-0.4, -0.2) is 4.98 Å². The Bertz CT molecular complexity index is 2940. The number of hydrogen-bond donors (Lipinski definition) is 0. The van der Waals surface area contributed by atoms with Gasteiger partial charge in [0.15, 0.2) is 0 Å². The van der Waals surface area contributed by atoms with Crippen molar-refractivity contribution in [2.24, 2.45) is 0 Å². The summed E-state index contributed by atoms with van der Waals surface area (Å²) in [5.41, 5.74) is 17.7. The number of nitrogens with zero attached hydrogens (tertiary/aromatic N) is 2. The first kappa shape index (κ1) is 33.3. The normalized spacial score (nSPS) is 14.1. The summed E-state index contributed by atoms with van der Waals surface area (Å²) < 4.78 is 0. The van der Waals surface area contributed by atoms with Crippen LogP contribution in [0.4, 0.5) is 17.1 Å². The fourth-order valence-electron chi connectivity index (χ4n) is 9.92. The minimum Gasteiger partial charge on any atom is -0.310 e. The molecule has 8 aromatic carbocycles. The third-order valence-electron chi connectivity index (χ3n) is 12.5. The Labute approximate surface area is 334 Å². The van der Waals surface area contributed by atoms with Crippen molar-refractivity contribution < 1.29 is 0 Å². The van der Waals surface area contributed by atoms with E-state index >= 15 is 0 Å². The lowest BCUT2D eigenvalue weighted by molar-refractivity contribution is 0.661. The Morgan fingerprint density at radius 3 is 1.75 bits per heavy atom. The number of pyridine rings is 1. The van der Waals surface area contributed by atoms with E-state index in [1.807, 2.05) is 12.3 Å². The molecular formula is C55H40N2. The minimum absolute atomic E-state index is 0.124. The second-order valence-corrected chi connectivity index (χ2v) is 16.0. The molecule has 0 saturated heterocycles. The lowest BCUT2D eigenvalue weighted by Crippen LogP contribution is -2.28. The standard InChI is InChI=1S/C55H40N2/c1-54(2)49-30-28-43(35-48(49)47-33-37-16-9-10-17-38(37)34-51(47)54)57(42-23-15-18-39(32-42)53-26-13-14-31-56-53)44-27-29-46-45-24-11-12-25-50(45)55(52(46)36-44,40-19-5-3-6-20-40)41-21-7-4-8-22-41/h3-36H,1-2H3. The van der Waals surface area contributed by atoms with Crippen LogP contribution in [0.5, 0.6) is 0 Å². The predicted octanol–water partition coefficient (Wildman–Crippen LogP) is 14.0. The van der Waals surface area contributed by atoms with Crippen LogP contribution >= 0.6 is 0 Å². The Balaban J connectivity index is 1.17. The highest BCUT2D eigenvalue weighted by Crippen LogP contribution is 2.58. The zero-order valence-corrected chi connectivity index (χ0v) is 32.0. The second-order valence-electron chi connectivity index (χ2n) is 16.0. The summed E-state index contributed by atoms with van der Waals surface area (Å²) >= 11 is 0. The molecule has 0 spiro atoms. The van der Waals surface area contributed by atoms with Crippen LogP contribution < -0.4 is 4.90 Å². The molecule has 0 fully saturated rings. The molecule has 270 valence electrons. The number of aromatic nitrogens is 1. The van der Waals surface area contributed by atoms with Crippen LogP contribution in [0.3, 0.4) is 0 Å². The van der Waals surface area contributed by atoms with Crippen LogP contribution in [0.1, 0.15) is 47.2 Å². The lowest BCUT2D eigenvalue weighted by atomic mass is 9.67. The summed E-state index contributed by atoms with van der Waals surface area (Å²) in [5, 5.41) is 2.55. The molecule has 0 unspecified atom stereocenters. The van der Waals surface area contributed by atoms with Crippen molar-refractivity contribution in [3.63, 3.8) is 0 Å². The average Bonchev–Trinajstić information content (AvgIpc) is 3.68. The van der Waals surface area contributed by atoms with Gasteiger partial charge in [0, 0.05) is 34.2 Å². The van der Waals surface area contributed by atoms with Crippen LogP contribution in [0, 0.1) is 0 Å². The summed E-state index contributed by atoms with van der Waals surface area (Å²) in [6.07, 6.45) is 1.87. The van der Waals surface area contributed by atoms with Gasteiger partial charge in [-0.25, -0.2) is 0 Å². The number of fused-ring (bicyclic) bond motifs is 7. The van der Waals surface area contributed by atoms with Gasteiger partial charge in [-0.05, 0) is 127 Å². The number of benzene rings is 8.